The highest BCUT2D eigenvalue weighted by molar-refractivity contribution is 6.27. The Morgan fingerprint density at radius 3 is 2.40 bits per heavy atom. The van der Waals surface area contributed by atoms with E-state index in [2.05, 4.69) is 9.88 Å². The van der Waals surface area contributed by atoms with E-state index in [1.54, 1.807) is 41.0 Å². The van der Waals surface area contributed by atoms with Crippen molar-refractivity contribution in [1.82, 2.24) is 14.5 Å². The third kappa shape index (κ3) is 3.16. The molecule has 1 aliphatic carbocycles. The Morgan fingerprint density at radius 2 is 1.67 bits per heavy atom. The summed E-state index contributed by atoms with van der Waals surface area (Å²) in [5.74, 6) is -0.461. The Balaban J connectivity index is 1.62. The molecule has 1 aliphatic heterocycles. The van der Waals surface area contributed by atoms with Crippen molar-refractivity contribution in [3.8, 4) is 11.4 Å². The summed E-state index contributed by atoms with van der Waals surface area (Å²) in [5, 5.41) is 0. The molecule has 7 heteroatoms. The fourth-order valence-corrected chi connectivity index (χ4v) is 4.11. The first kappa shape index (κ1) is 18.8. The molecule has 0 unspecified atom stereocenters. The molecule has 0 amide bonds. The van der Waals surface area contributed by atoms with Gasteiger partial charge in [-0.1, -0.05) is 36.4 Å². The Bertz CT molecular complexity index is 1150. The summed E-state index contributed by atoms with van der Waals surface area (Å²) in [6, 6.07) is 12.9. The summed E-state index contributed by atoms with van der Waals surface area (Å²) in [4.78, 5) is 33.2. The maximum absolute atomic E-state index is 13.9. The van der Waals surface area contributed by atoms with Crippen molar-refractivity contribution in [1.29, 1.82) is 0 Å². The average molecular weight is 405 g/mol. The van der Waals surface area contributed by atoms with Crippen molar-refractivity contribution in [2.45, 2.75) is 6.54 Å². The molecule has 0 spiro atoms. The predicted molar refractivity (Wildman–Crippen MR) is 108 cm³/mol. The minimum atomic E-state index is -0.394. The summed E-state index contributed by atoms with van der Waals surface area (Å²) < 4.78 is 21.1. The van der Waals surface area contributed by atoms with Crippen LogP contribution in [0, 0.1) is 5.82 Å². The molecule has 0 saturated carbocycles. The Kier molecular flexibility index (Phi) is 4.77. The molecule has 2 heterocycles. The molecular weight excluding hydrogens is 385 g/mol. The molecule has 2 aliphatic rings. The lowest BCUT2D eigenvalue weighted by Gasteiger charge is -2.27. The van der Waals surface area contributed by atoms with Gasteiger partial charge in [0.05, 0.1) is 13.2 Å². The monoisotopic (exact) mass is 405 g/mol. The van der Waals surface area contributed by atoms with Gasteiger partial charge >= 0.3 is 0 Å². The number of morpholine rings is 1. The van der Waals surface area contributed by atoms with Crippen LogP contribution in [0.3, 0.4) is 0 Å². The largest absolute Gasteiger partial charge is 0.379 e. The van der Waals surface area contributed by atoms with Gasteiger partial charge in [-0.15, -0.1) is 0 Å². The predicted octanol–water partition coefficient (Wildman–Crippen LogP) is 2.80. The molecule has 0 bridgehead atoms. The number of rotatable bonds is 4. The van der Waals surface area contributed by atoms with Crippen LogP contribution in [-0.4, -0.2) is 58.9 Å². The number of halogens is 1. The Labute approximate surface area is 172 Å². The zero-order valence-corrected chi connectivity index (χ0v) is 16.3. The van der Waals surface area contributed by atoms with Crippen LogP contribution in [0.4, 0.5) is 4.39 Å². The van der Waals surface area contributed by atoms with Crippen LogP contribution < -0.4 is 0 Å². The molecule has 2 aromatic carbocycles. The second kappa shape index (κ2) is 7.59. The molecule has 30 heavy (non-hydrogen) atoms. The van der Waals surface area contributed by atoms with Crippen LogP contribution in [0.1, 0.15) is 32.1 Å². The van der Waals surface area contributed by atoms with E-state index in [-0.39, 0.29) is 23.0 Å². The molecule has 0 N–H and O–H groups in total. The van der Waals surface area contributed by atoms with Crippen molar-refractivity contribution in [3.63, 3.8) is 0 Å². The number of aromatic nitrogens is 2. The van der Waals surface area contributed by atoms with E-state index in [1.807, 2.05) is 0 Å². The number of carbonyl (C=O) groups is 2. The quantitative estimate of drug-likeness (QED) is 0.523. The number of hydrogen-bond donors (Lipinski definition) is 0. The molecule has 5 rings (SSSR count). The SMILES string of the molecule is O=C1c2ccccc2C(=O)c2c1nc(-c1cccc(F)c1)n2CCN1CCOCC1. The van der Waals surface area contributed by atoms with Gasteiger partial charge in [0.2, 0.25) is 11.6 Å². The van der Waals surface area contributed by atoms with Gasteiger partial charge in [0.15, 0.2) is 0 Å². The Morgan fingerprint density at radius 1 is 0.933 bits per heavy atom. The lowest BCUT2D eigenvalue weighted by molar-refractivity contribution is 0.0363. The third-order valence-corrected chi connectivity index (χ3v) is 5.64. The number of nitrogens with zero attached hydrogens (tertiary/aromatic N) is 3. The van der Waals surface area contributed by atoms with Gasteiger partial charge in [-0.25, -0.2) is 9.37 Å². The fraction of sp³-hybridized carbons (Fsp3) is 0.261. The van der Waals surface area contributed by atoms with Crippen LogP contribution in [0.25, 0.3) is 11.4 Å². The van der Waals surface area contributed by atoms with Gasteiger partial charge in [-0.2, -0.15) is 0 Å². The van der Waals surface area contributed by atoms with Gasteiger partial charge in [-0.05, 0) is 12.1 Å². The maximum atomic E-state index is 13.9. The average Bonchev–Trinajstić information content (AvgIpc) is 3.17. The summed E-state index contributed by atoms with van der Waals surface area (Å²) in [6.45, 7) is 4.10. The molecule has 0 radical (unpaired) electrons. The van der Waals surface area contributed by atoms with Crippen molar-refractivity contribution >= 4 is 11.6 Å². The molecule has 3 aromatic rings. The molecule has 1 saturated heterocycles. The number of imidazole rings is 1. The van der Waals surface area contributed by atoms with Gasteiger partial charge < -0.3 is 9.30 Å². The first-order valence-electron chi connectivity index (χ1n) is 9.98. The van der Waals surface area contributed by atoms with Crippen LogP contribution >= 0.6 is 0 Å². The van der Waals surface area contributed by atoms with E-state index in [0.29, 0.717) is 48.8 Å². The van der Waals surface area contributed by atoms with Gasteiger partial charge in [0, 0.05) is 42.9 Å². The second-order valence-corrected chi connectivity index (χ2v) is 7.45. The van der Waals surface area contributed by atoms with Crippen molar-refractivity contribution < 1.29 is 18.7 Å². The second-order valence-electron chi connectivity index (χ2n) is 7.45. The van der Waals surface area contributed by atoms with Crippen LogP contribution in [0.2, 0.25) is 0 Å². The number of ether oxygens (including phenoxy) is 1. The van der Waals surface area contributed by atoms with Crippen molar-refractivity contribution in [3.05, 3.63) is 76.9 Å². The lowest BCUT2D eigenvalue weighted by Crippen LogP contribution is -2.38. The van der Waals surface area contributed by atoms with Gasteiger partial charge in [0.1, 0.15) is 23.0 Å². The normalized spacial score (nSPS) is 16.4. The number of hydrogen-bond acceptors (Lipinski definition) is 5. The standard InChI is InChI=1S/C23H20FN3O3/c24-16-5-3-4-15(14-16)23-25-19-20(27(23)9-8-26-10-12-30-13-11-26)22(29)18-7-2-1-6-17(18)21(19)28/h1-7,14H,8-13H2. The highest BCUT2D eigenvalue weighted by Crippen LogP contribution is 2.31. The highest BCUT2D eigenvalue weighted by atomic mass is 19.1. The smallest absolute Gasteiger partial charge is 0.214 e. The topological polar surface area (TPSA) is 64.4 Å². The molecule has 1 fully saturated rings. The van der Waals surface area contributed by atoms with Gasteiger partial charge in [0.25, 0.3) is 0 Å². The number of fused-ring (bicyclic) bond motifs is 2. The molecule has 152 valence electrons. The minimum Gasteiger partial charge on any atom is -0.379 e. The first-order valence-corrected chi connectivity index (χ1v) is 9.98. The van der Waals surface area contributed by atoms with Crippen LogP contribution in [-0.2, 0) is 11.3 Å². The van der Waals surface area contributed by atoms with E-state index < -0.39 is 5.82 Å². The first-order chi connectivity index (χ1) is 14.6. The summed E-state index contributed by atoms with van der Waals surface area (Å²) in [7, 11) is 0. The Hall–Kier alpha value is -3.16. The molecule has 6 nitrogen and oxygen atoms in total. The fourth-order valence-electron chi connectivity index (χ4n) is 4.11. The number of benzene rings is 2. The molecular formula is C23H20FN3O3. The highest BCUT2D eigenvalue weighted by Gasteiger charge is 2.36. The minimum absolute atomic E-state index is 0.139. The van der Waals surface area contributed by atoms with Crippen molar-refractivity contribution in [2.75, 3.05) is 32.8 Å². The summed E-state index contributed by atoms with van der Waals surface area (Å²) >= 11 is 0. The van der Waals surface area contributed by atoms with E-state index in [0.717, 1.165) is 13.1 Å². The van der Waals surface area contributed by atoms with Gasteiger partial charge in [-0.3, -0.25) is 14.5 Å². The summed E-state index contributed by atoms with van der Waals surface area (Å²) in [6.07, 6.45) is 0. The van der Waals surface area contributed by atoms with Crippen LogP contribution in [0.5, 0.6) is 0 Å². The van der Waals surface area contributed by atoms with E-state index in [4.69, 9.17) is 4.74 Å². The zero-order chi connectivity index (χ0) is 20.7. The lowest BCUT2D eigenvalue weighted by atomic mass is 9.90. The van der Waals surface area contributed by atoms with Crippen molar-refractivity contribution in [2.24, 2.45) is 0 Å². The number of ketones is 2. The third-order valence-electron chi connectivity index (χ3n) is 5.64. The molecule has 1 aromatic heterocycles. The molecule has 0 atom stereocenters. The summed E-state index contributed by atoms with van der Waals surface area (Å²) in [5.41, 5.74) is 1.70. The number of carbonyl (C=O) groups excluding carboxylic acids is 2. The maximum Gasteiger partial charge on any atom is 0.214 e. The van der Waals surface area contributed by atoms with E-state index in [9.17, 15) is 14.0 Å². The van der Waals surface area contributed by atoms with E-state index in [1.165, 1.54) is 12.1 Å². The van der Waals surface area contributed by atoms with E-state index >= 15 is 0 Å². The zero-order valence-electron chi connectivity index (χ0n) is 16.3. The van der Waals surface area contributed by atoms with Crippen LogP contribution in [0.15, 0.2) is 48.5 Å².